The van der Waals surface area contributed by atoms with Crippen LogP contribution in [0.25, 0.3) is 0 Å². The number of carbonyl (C=O) groups excluding carboxylic acids is 1. The van der Waals surface area contributed by atoms with Gasteiger partial charge in [-0.05, 0) is 54.7 Å². The zero-order valence-corrected chi connectivity index (χ0v) is 17.7. The highest BCUT2D eigenvalue weighted by Crippen LogP contribution is 2.24. The highest BCUT2D eigenvalue weighted by Gasteiger charge is 2.21. The third kappa shape index (κ3) is 6.03. The number of carbonyl (C=O) groups is 1. The number of benzene rings is 2. The van der Waals surface area contributed by atoms with Gasteiger partial charge in [-0.3, -0.25) is 14.6 Å². The number of amides is 1. The lowest BCUT2D eigenvalue weighted by molar-refractivity contribution is -0.117. The highest BCUT2D eigenvalue weighted by atomic mass is 19.1. The summed E-state index contributed by atoms with van der Waals surface area (Å²) >= 11 is 0. The Bertz CT molecular complexity index is 899. The van der Waals surface area contributed by atoms with Crippen LogP contribution in [0.3, 0.4) is 0 Å². The van der Waals surface area contributed by atoms with E-state index in [1.165, 1.54) is 23.6 Å². The zero-order chi connectivity index (χ0) is 21.6. The molecule has 0 bridgehead atoms. The summed E-state index contributed by atoms with van der Waals surface area (Å²) in [6.07, 6.45) is 2.73. The summed E-state index contributed by atoms with van der Waals surface area (Å²) in [4.78, 5) is 16.7. The van der Waals surface area contributed by atoms with Gasteiger partial charge in [0, 0.05) is 38.4 Å². The highest BCUT2D eigenvalue weighted by molar-refractivity contribution is 5.92. The summed E-state index contributed by atoms with van der Waals surface area (Å²) in [6, 6.07) is 12.4. The fraction of sp³-hybridized carbons (Fsp3) is 0.458. The molecule has 0 radical (unpaired) electrons. The standard InChI is InChI=1S/C24H30FN3O3/c25-22-6-1-2-7-23(22)31-17-21(29)15-27-10-12-28(13-11-27)16-24(30)26-20-9-8-18-4-3-5-19(18)14-20/h1-2,6-9,14,21,29H,3-5,10-13,15-17H2,(H,26,30). The van der Waals surface area contributed by atoms with Crippen molar-refractivity contribution in [1.82, 2.24) is 9.80 Å². The van der Waals surface area contributed by atoms with Gasteiger partial charge in [0.2, 0.25) is 5.91 Å². The van der Waals surface area contributed by atoms with Crippen LogP contribution >= 0.6 is 0 Å². The molecule has 1 heterocycles. The van der Waals surface area contributed by atoms with E-state index in [4.69, 9.17) is 4.74 Å². The number of nitrogens with zero attached hydrogens (tertiary/aromatic N) is 2. The smallest absolute Gasteiger partial charge is 0.238 e. The Labute approximate surface area is 182 Å². The van der Waals surface area contributed by atoms with Gasteiger partial charge < -0.3 is 15.2 Å². The molecule has 2 N–H and O–H groups in total. The van der Waals surface area contributed by atoms with E-state index >= 15 is 0 Å². The van der Waals surface area contributed by atoms with E-state index in [0.717, 1.165) is 44.7 Å². The fourth-order valence-corrected chi connectivity index (χ4v) is 4.28. The molecule has 1 saturated heterocycles. The van der Waals surface area contributed by atoms with Crippen LogP contribution in [0.15, 0.2) is 42.5 Å². The molecule has 1 aliphatic heterocycles. The first-order chi connectivity index (χ1) is 15.1. The lowest BCUT2D eigenvalue weighted by Gasteiger charge is -2.35. The second-order valence-corrected chi connectivity index (χ2v) is 8.36. The molecular weight excluding hydrogens is 397 g/mol. The van der Waals surface area contributed by atoms with E-state index in [2.05, 4.69) is 27.2 Å². The first-order valence-corrected chi connectivity index (χ1v) is 11.0. The molecular formula is C24H30FN3O3. The Morgan fingerprint density at radius 3 is 2.61 bits per heavy atom. The van der Waals surface area contributed by atoms with Crippen molar-refractivity contribution in [2.24, 2.45) is 0 Å². The maximum atomic E-state index is 13.6. The Balaban J connectivity index is 1.15. The minimum atomic E-state index is -0.700. The van der Waals surface area contributed by atoms with Crippen LogP contribution in [0.2, 0.25) is 0 Å². The van der Waals surface area contributed by atoms with Crippen molar-refractivity contribution in [2.75, 3.05) is 51.2 Å². The summed E-state index contributed by atoms with van der Waals surface area (Å²) in [5.74, 6) is -0.271. The number of β-amino-alcohol motifs (C(OH)–C–C–N with tert-alkyl or cyclic N) is 1. The minimum absolute atomic E-state index is 0.00437. The number of ether oxygens (including phenoxy) is 1. The van der Waals surface area contributed by atoms with Crippen LogP contribution < -0.4 is 10.1 Å². The van der Waals surface area contributed by atoms with Crippen LogP contribution in [0.1, 0.15) is 17.5 Å². The van der Waals surface area contributed by atoms with Crippen molar-refractivity contribution in [3.05, 3.63) is 59.4 Å². The zero-order valence-electron chi connectivity index (χ0n) is 17.7. The number of hydrogen-bond donors (Lipinski definition) is 2. The quantitative estimate of drug-likeness (QED) is 0.677. The van der Waals surface area contributed by atoms with Crippen molar-refractivity contribution < 1.29 is 19.0 Å². The van der Waals surface area contributed by atoms with Gasteiger partial charge in [0.15, 0.2) is 11.6 Å². The number of halogens is 1. The third-order valence-electron chi connectivity index (χ3n) is 5.95. The van der Waals surface area contributed by atoms with Gasteiger partial charge in [-0.25, -0.2) is 4.39 Å². The second-order valence-electron chi connectivity index (χ2n) is 8.36. The van der Waals surface area contributed by atoms with Crippen molar-refractivity contribution in [3.8, 4) is 5.75 Å². The molecule has 7 heteroatoms. The largest absolute Gasteiger partial charge is 0.488 e. The first kappa shape index (κ1) is 21.7. The predicted octanol–water partition coefficient (Wildman–Crippen LogP) is 2.31. The van der Waals surface area contributed by atoms with Crippen molar-refractivity contribution in [2.45, 2.75) is 25.4 Å². The molecule has 1 atom stereocenters. The number of aliphatic hydroxyl groups excluding tert-OH is 1. The minimum Gasteiger partial charge on any atom is -0.488 e. The molecule has 2 aromatic rings. The topological polar surface area (TPSA) is 65.0 Å². The number of rotatable bonds is 8. The maximum absolute atomic E-state index is 13.6. The summed E-state index contributed by atoms with van der Waals surface area (Å²) in [5, 5.41) is 13.2. The van der Waals surface area contributed by atoms with E-state index in [0.29, 0.717) is 13.1 Å². The second kappa shape index (κ2) is 10.2. The molecule has 31 heavy (non-hydrogen) atoms. The number of hydrogen-bond acceptors (Lipinski definition) is 5. The Hall–Kier alpha value is -2.48. The molecule has 0 aromatic heterocycles. The molecule has 1 amide bonds. The van der Waals surface area contributed by atoms with Crippen LogP contribution in [0, 0.1) is 5.82 Å². The van der Waals surface area contributed by atoms with E-state index in [9.17, 15) is 14.3 Å². The van der Waals surface area contributed by atoms with Gasteiger partial charge in [-0.15, -0.1) is 0 Å². The molecule has 2 aromatic carbocycles. The Morgan fingerprint density at radius 1 is 1.06 bits per heavy atom. The summed E-state index contributed by atoms with van der Waals surface area (Å²) in [6.45, 7) is 3.93. The summed E-state index contributed by atoms with van der Waals surface area (Å²) in [5.41, 5.74) is 3.63. The number of nitrogens with one attached hydrogen (secondary N) is 1. The van der Waals surface area contributed by atoms with Gasteiger partial charge in [-0.1, -0.05) is 18.2 Å². The molecule has 2 aliphatic rings. The molecule has 1 fully saturated rings. The molecule has 6 nitrogen and oxygen atoms in total. The van der Waals surface area contributed by atoms with E-state index in [1.807, 2.05) is 6.07 Å². The average Bonchev–Trinajstić information content (AvgIpc) is 3.22. The number of anilines is 1. The van der Waals surface area contributed by atoms with Crippen molar-refractivity contribution in [3.63, 3.8) is 0 Å². The molecule has 1 unspecified atom stereocenters. The van der Waals surface area contributed by atoms with E-state index in [-0.39, 0.29) is 18.3 Å². The Morgan fingerprint density at radius 2 is 1.81 bits per heavy atom. The SMILES string of the molecule is O=C(CN1CCN(CC(O)COc2ccccc2F)CC1)Nc1ccc2c(c1)CCC2. The number of piperazine rings is 1. The average molecular weight is 428 g/mol. The number of para-hydroxylation sites is 1. The van der Waals surface area contributed by atoms with Crippen molar-refractivity contribution in [1.29, 1.82) is 0 Å². The lowest BCUT2D eigenvalue weighted by Crippen LogP contribution is -2.50. The van der Waals surface area contributed by atoms with Crippen LogP contribution in [-0.2, 0) is 17.6 Å². The van der Waals surface area contributed by atoms with Gasteiger partial charge in [0.25, 0.3) is 0 Å². The van der Waals surface area contributed by atoms with Crippen LogP contribution in [-0.4, -0.2) is 72.8 Å². The van der Waals surface area contributed by atoms with Crippen LogP contribution in [0.5, 0.6) is 5.75 Å². The van der Waals surface area contributed by atoms with Crippen molar-refractivity contribution >= 4 is 11.6 Å². The Kier molecular flexibility index (Phi) is 7.17. The molecule has 0 saturated carbocycles. The third-order valence-corrected chi connectivity index (χ3v) is 5.95. The van der Waals surface area contributed by atoms with Gasteiger partial charge in [0.05, 0.1) is 6.54 Å². The first-order valence-electron chi connectivity index (χ1n) is 11.0. The van der Waals surface area contributed by atoms with Gasteiger partial charge in [0.1, 0.15) is 12.7 Å². The normalized spacial score (nSPS) is 17.9. The predicted molar refractivity (Wildman–Crippen MR) is 118 cm³/mol. The summed E-state index contributed by atoms with van der Waals surface area (Å²) in [7, 11) is 0. The molecule has 1 aliphatic carbocycles. The summed E-state index contributed by atoms with van der Waals surface area (Å²) < 4.78 is 19.0. The molecule has 0 spiro atoms. The number of aryl methyl sites for hydroxylation is 2. The molecule has 166 valence electrons. The van der Waals surface area contributed by atoms with Gasteiger partial charge >= 0.3 is 0 Å². The number of aliphatic hydroxyl groups is 1. The van der Waals surface area contributed by atoms with E-state index in [1.54, 1.807) is 18.2 Å². The van der Waals surface area contributed by atoms with Gasteiger partial charge in [-0.2, -0.15) is 0 Å². The van der Waals surface area contributed by atoms with E-state index < -0.39 is 11.9 Å². The lowest BCUT2D eigenvalue weighted by atomic mass is 10.1. The van der Waals surface area contributed by atoms with Crippen LogP contribution in [0.4, 0.5) is 10.1 Å². The molecule has 4 rings (SSSR count). The maximum Gasteiger partial charge on any atom is 0.238 e. The fourth-order valence-electron chi connectivity index (χ4n) is 4.28. The monoisotopic (exact) mass is 427 g/mol. The number of fused-ring (bicyclic) bond motifs is 1.